The zero-order valence-corrected chi connectivity index (χ0v) is 10.1. The normalized spacial score (nSPS) is 10.4. The average Bonchev–Trinajstić information content (AvgIpc) is 2.73. The molecule has 0 radical (unpaired) electrons. The van der Waals surface area contributed by atoms with Crippen LogP contribution in [0.25, 0.3) is 0 Å². The summed E-state index contributed by atoms with van der Waals surface area (Å²) in [6.45, 7) is 0.536. The van der Waals surface area contributed by atoms with E-state index in [0.717, 1.165) is 20.5 Å². The van der Waals surface area contributed by atoms with Gasteiger partial charge in [-0.25, -0.2) is 0 Å². The molecule has 1 heterocycles. The second-order valence-corrected chi connectivity index (χ2v) is 5.10. The molecule has 0 aliphatic carbocycles. The fraction of sp³-hybridized carbons (Fsp3) is 0.167. The van der Waals surface area contributed by atoms with Crippen molar-refractivity contribution >= 4 is 22.9 Å². The summed E-state index contributed by atoms with van der Waals surface area (Å²) in [4.78, 5) is 1.08. The molecule has 2 nitrogen and oxygen atoms in total. The van der Waals surface area contributed by atoms with Gasteiger partial charge in [0.1, 0.15) is 12.4 Å². The van der Waals surface area contributed by atoms with Crippen LogP contribution in [0.5, 0.6) is 5.75 Å². The van der Waals surface area contributed by atoms with Gasteiger partial charge < -0.3 is 9.84 Å². The average molecular weight is 255 g/mol. The van der Waals surface area contributed by atoms with E-state index in [9.17, 15) is 0 Å². The minimum atomic E-state index is 0.0298. The van der Waals surface area contributed by atoms with Gasteiger partial charge in [0.15, 0.2) is 0 Å². The minimum absolute atomic E-state index is 0.0298. The van der Waals surface area contributed by atoms with E-state index in [1.807, 2.05) is 36.4 Å². The summed E-state index contributed by atoms with van der Waals surface area (Å²) in [5.74, 6) is 0.760. The molecule has 0 aliphatic rings. The molecule has 0 saturated carbocycles. The van der Waals surface area contributed by atoms with Gasteiger partial charge in [0.25, 0.3) is 0 Å². The number of hydrogen-bond donors (Lipinski definition) is 1. The van der Waals surface area contributed by atoms with Gasteiger partial charge in [0.2, 0.25) is 0 Å². The molecule has 2 rings (SSSR count). The standard InChI is InChI=1S/C12H11ClO2S/c13-12-5-4-11(16-12)8-15-10-3-1-2-9(6-10)7-14/h1-6,14H,7-8H2. The maximum absolute atomic E-state index is 8.98. The van der Waals surface area contributed by atoms with Crippen LogP contribution in [-0.2, 0) is 13.2 Å². The molecule has 0 spiro atoms. The Kier molecular flexibility index (Phi) is 3.83. The second kappa shape index (κ2) is 5.34. The Bertz CT molecular complexity index is 468. The lowest BCUT2D eigenvalue weighted by atomic mass is 10.2. The van der Waals surface area contributed by atoms with Gasteiger partial charge >= 0.3 is 0 Å². The quantitative estimate of drug-likeness (QED) is 0.905. The molecular weight excluding hydrogens is 244 g/mol. The van der Waals surface area contributed by atoms with Gasteiger partial charge in [0, 0.05) is 4.88 Å². The minimum Gasteiger partial charge on any atom is -0.488 e. The molecule has 0 amide bonds. The van der Waals surface area contributed by atoms with E-state index in [-0.39, 0.29) is 6.61 Å². The van der Waals surface area contributed by atoms with Crippen molar-refractivity contribution in [2.45, 2.75) is 13.2 Å². The van der Waals surface area contributed by atoms with Crippen molar-refractivity contribution in [1.29, 1.82) is 0 Å². The second-order valence-electron chi connectivity index (χ2n) is 3.30. The predicted molar refractivity (Wildman–Crippen MR) is 66.0 cm³/mol. The molecule has 0 aliphatic heterocycles. The Balaban J connectivity index is 1.99. The first-order valence-corrected chi connectivity index (χ1v) is 6.04. The summed E-state index contributed by atoms with van der Waals surface area (Å²) in [6.07, 6.45) is 0. The Morgan fingerprint density at radius 3 is 2.81 bits per heavy atom. The Morgan fingerprint density at radius 2 is 2.12 bits per heavy atom. The molecule has 16 heavy (non-hydrogen) atoms. The topological polar surface area (TPSA) is 29.5 Å². The van der Waals surface area contributed by atoms with Crippen molar-refractivity contribution < 1.29 is 9.84 Å². The summed E-state index contributed by atoms with van der Waals surface area (Å²) in [7, 11) is 0. The van der Waals surface area contributed by atoms with Crippen molar-refractivity contribution in [3.63, 3.8) is 0 Å². The molecule has 1 aromatic carbocycles. The number of aliphatic hydroxyl groups is 1. The summed E-state index contributed by atoms with van der Waals surface area (Å²) in [6, 6.07) is 11.2. The van der Waals surface area contributed by atoms with Crippen LogP contribution < -0.4 is 4.74 Å². The maximum Gasteiger partial charge on any atom is 0.122 e. The monoisotopic (exact) mass is 254 g/mol. The number of halogens is 1. The molecule has 2 aromatic rings. The van der Waals surface area contributed by atoms with Gasteiger partial charge in [-0.15, -0.1) is 11.3 Å². The lowest BCUT2D eigenvalue weighted by Gasteiger charge is -2.05. The van der Waals surface area contributed by atoms with Crippen LogP contribution in [0.3, 0.4) is 0 Å². The third-order valence-corrected chi connectivity index (χ3v) is 3.30. The number of hydrogen-bond acceptors (Lipinski definition) is 3. The molecule has 0 unspecified atom stereocenters. The Labute approximate surface area is 103 Å². The Morgan fingerprint density at radius 1 is 1.25 bits per heavy atom. The first-order chi connectivity index (χ1) is 7.78. The van der Waals surface area contributed by atoms with E-state index in [2.05, 4.69) is 0 Å². The molecule has 0 bridgehead atoms. The third-order valence-electron chi connectivity index (χ3n) is 2.09. The number of thiophene rings is 1. The van der Waals surface area contributed by atoms with E-state index in [4.69, 9.17) is 21.4 Å². The van der Waals surface area contributed by atoms with Crippen molar-refractivity contribution in [2.75, 3.05) is 0 Å². The van der Waals surface area contributed by atoms with E-state index in [1.165, 1.54) is 11.3 Å². The maximum atomic E-state index is 8.98. The fourth-order valence-corrected chi connectivity index (χ4v) is 2.32. The Hall–Kier alpha value is -1.03. The van der Waals surface area contributed by atoms with E-state index >= 15 is 0 Å². The van der Waals surface area contributed by atoms with E-state index in [1.54, 1.807) is 0 Å². The van der Waals surface area contributed by atoms with Crippen LogP contribution in [-0.4, -0.2) is 5.11 Å². The van der Waals surface area contributed by atoms with Crippen molar-refractivity contribution in [2.24, 2.45) is 0 Å². The highest BCUT2D eigenvalue weighted by Gasteiger charge is 2.00. The van der Waals surface area contributed by atoms with Crippen molar-refractivity contribution in [1.82, 2.24) is 0 Å². The van der Waals surface area contributed by atoms with Crippen LogP contribution in [0, 0.1) is 0 Å². The summed E-state index contributed by atoms with van der Waals surface area (Å²) in [5.41, 5.74) is 0.849. The van der Waals surface area contributed by atoms with Crippen LogP contribution in [0.4, 0.5) is 0 Å². The van der Waals surface area contributed by atoms with Gasteiger partial charge in [0.05, 0.1) is 10.9 Å². The summed E-state index contributed by atoms with van der Waals surface area (Å²) < 4.78 is 6.35. The molecule has 1 aromatic heterocycles. The highest BCUT2D eigenvalue weighted by atomic mass is 35.5. The largest absolute Gasteiger partial charge is 0.488 e. The number of rotatable bonds is 4. The van der Waals surface area contributed by atoms with Crippen LogP contribution in [0.1, 0.15) is 10.4 Å². The molecule has 0 atom stereocenters. The molecule has 0 saturated heterocycles. The van der Waals surface area contributed by atoms with Crippen LogP contribution in [0.2, 0.25) is 4.34 Å². The molecular formula is C12H11ClO2S. The molecule has 1 N–H and O–H groups in total. The molecule has 84 valence electrons. The zero-order chi connectivity index (χ0) is 11.4. The van der Waals surface area contributed by atoms with E-state index in [0.29, 0.717) is 6.61 Å². The van der Waals surface area contributed by atoms with Crippen molar-refractivity contribution in [3.05, 3.63) is 51.2 Å². The van der Waals surface area contributed by atoms with E-state index < -0.39 is 0 Å². The lowest BCUT2D eigenvalue weighted by Crippen LogP contribution is -1.93. The van der Waals surface area contributed by atoms with Crippen LogP contribution in [0.15, 0.2) is 36.4 Å². The highest BCUT2D eigenvalue weighted by molar-refractivity contribution is 7.16. The van der Waals surface area contributed by atoms with Gasteiger partial charge in [-0.1, -0.05) is 23.7 Å². The first-order valence-electron chi connectivity index (χ1n) is 4.85. The number of ether oxygens (including phenoxy) is 1. The third kappa shape index (κ3) is 2.98. The summed E-state index contributed by atoms with van der Waals surface area (Å²) >= 11 is 7.33. The number of benzene rings is 1. The summed E-state index contributed by atoms with van der Waals surface area (Å²) in [5, 5.41) is 8.98. The SMILES string of the molecule is OCc1cccc(OCc2ccc(Cl)s2)c1. The molecule has 4 heteroatoms. The number of aliphatic hydroxyl groups excluding tert-OH is 1. The van der Waals surface area contributed by atoms with Crippen LogP contribution >= 0.6 is 22.9 Å². The van der Waals surface area contributed by atoms with Gasteiger partial charge in [-0.3, -0.25) is 0 Å². The lowest BCUT2D eigenvalue weighted by molar-refractivity contribution is 0.278. The zero-order valence-electron chi connectivity index (χ0n) is 8.52. The molecule has 0 fully saturated rings. The smallest absolute Gasteiger partial charge is 0.122 e. The van der Waals surface area contributed by atoms with Gasteiger partial charge in [-0.2, -0.15) is 0 Å². The first kappa shape index (κ1) is 11.5. The highest BCUT2D eigenvalue weighted by Crippen LogP contribution is 2.23. The fourth-order valence-electron chi connectivity index (χ4n) is 1.32. The van der Waals surface area contributed by atoms with Crippen molar-refractivity contribution in [3.8, 4) is 5.75 Å². The van der Waals surface area contributed by atoms with Gasteiger partial charge in [-0.05, 0) is 29.8 Å². The predicted octanol–water partition coefficient (Wildman–Crippen LogP) is 3.47.